The Labute approximate surface area is 134 Å². The van der Waals surface area contributed by atoms with Gasteiger partial charge >= 0.3 is 0 Å². The molecule has 118 valence electrons. The van der Waals surface area contributed by atoms with Gasteiger partial charge in [-0.2, -0.15) is 0 Å². The fourth-order valence-corrected chi connectivity index (χ4v) is 3.70. The molecule has 22 heavy (non-hydrogen) atoms. The molecule has 1 N–H and O–H groups in total. The first-order valence-corrected chi connectivity index (χ1v) is 8.82. The third kappa shape index (κ3) is 3.06. The fraction of sp³-hybridized carbons (Fsp3) is 0.562. The largest absolute Gasteiger partial charge is 0.342 e. The van der Waals surface area contributed by atoms with E-state index in [1.54, 1.807) is 11.3 Å². The van der Waals surface area contributed by atoms with Crippen LogP contribution >= 0.6 is 11.3 Å². The smallest absolute Gasteiger partial charge is 0.261 e. The summed E-state index contributed by atoms with van der Waals surface area (Å²) in [5.74, 6) is 1.90. The van der Waals surface area contributed by atoms with Gasteiger partial charge in [0, 0.05) is 17.8 Å². The maximum atomic E-state index is 12.4. The predicted molar refractivity (Wildman–Crippen MR) is 87.2 cm³/mol. The topological polar surface area (TPSA) is 59.8 Å². The second-order valence-electron chi connectivity index (χ2n) is 5.75. The van der Waals surface area contributed by atoms with Crippen molar-refractivity contribution in [1.29, 1.82) is 0 Å². The highest BCUT2D eigenvalue weighted by molar-refractivity contribution is 7.14. The molecule has 0 radical (unpaired) electrons. The van der Waals surface area contributed by atoms with Crippen molar-refractivity contribution in [3.05, 3.63) is 33.5 Å². The van der Waals surface area contributed by atoms with E-state index in [-0.39, 0.29) is 11.9 Å². The summed E-state index contributed by atoms with van der Waals surface area (Å²) in [6.45, 7) is 5.03. The lowest BCUT2D eigenvalue weighted by Crippen LogP contribution is -2.28. The van der Waals surface area contributed by atoms with Gasteiger partial charge in [-0.15, -0.1) is 21.5 Å². The maximum absolute atomic E-state index is 12.4. The molecular weight excluding hydrogens is 296 g/mol. The van der Waals surface area contributed by atoms with E-state index in [0.717, 1.165) is 42.3 Å². The van der Waals surface area contributed by atoms with Crippen molar-refractivity contribution < 1.29 is 4.79 Å². The molecule has 0 unspecified atom stereocenters. The number of nitrogens with one attached hydrogen (secondary N) is 1. The monoisotopic (exact) mass is 318 g/mol. The summed E-state index contributed by atoms with van der Waals surface area (Å²) in [6.07, 6.45) is 5.51. The number of rotatable bonds is 4. The number of aryl methyl sites for hydroxylation is 2. The molecule has 0 spiro atoms. The van der Waals surface area contributed by atoms with Crippen LogP contribution in [-0.4, -0.2) is 20.7 Å². The standard InChI is InChI=1S/C16H22N4OS/c1-3-12-8-9-13(22-12)16(21)17-11(2)15-19-18-14-7-5-4-6-10-20(14)15/h8-9,11H,3-7,10H2,1-2H3,(H,17,21)/t11-/m1/s1. The number of thiophene rings is 1. The Bertz CT molecular complexity index is 661. The number of hydrogen-bond acceptors (Lipinski definition) is 4. The minimum absolute atomic E-state index is 0.0248. The van der Waals surface area contributed by atoms with Crippen LogP contribution in [0.2, 0.25) is 0 Å². The van der Waals surface area contributed by atoms with Crippen LogP contribution in [0, 0.1) is 0 Å². The van der Waals surface area contributed by atoms with E-state index in [0.29, 0.717) is 0 Å². The van der Waals surface area contributed by atoms with E-state index in [1.165, 1.54) is 17.7 Å². The molecule has 1 amide bonds. The summed E-state index contributed by atoms with van der Waals surface area (Å²) >= 11 is 1.56. The molecule has 0 aliphatic carbocycles. The van der Waals surface area contributed by atoms with Gasteiger partial charge in [0.05, 0.1) is 10.9 Å². The van der Waals surface area contributed by atoms with E-state index in [1.807, 2.05) is 19.1 Å². The Morgan fingerprint density at radius 2 is 2.23 bits per heavy atom. The van der Waals surface area contributed by atoms with Gasteiger partial charge in [0.15, 0.2) is 5.82 Å². The van der Waals surface area contributed by atoms with Crippen LogP contribution in [0.4, 0.5) is 0 Å². The third-order valence-corrected chi connectivity index (χ3v) is 5.34. The van der Waals surface area contributed by atoms with E-state index in [2.05, 4.69) is 27.0 Å². The Morgan fingerprint density at radius 1 is 1.36 bits per heavy atom. The summed E-state index contributed by atoms with van der Waals surface area (Å²) in [7, 11) is 0. The lowest BCUT2D eigenvalue weighted by molar-refractivity contribution is 0.0941. The molecule has 2 aromatic rings. The van der Waals surface area contributed by atoms with Crippen molar-refractivity contribution in [1.82, 2.24) is 20.1 Å². The van der Waals surface area contributed by atoms with Crippen molar-refractivity contribution >= 4 is 17.2 Å². The SMILES string of the molecule is CCc1ccc(C(=O)N[C@H](C)c2nnc3n2CCCCC3)s1. The molecule has 2 aromatic heterocycles. The first-order valence-electron chi connectivity index (χ1n) is 8.00. The zero-order valence-electron chi connectivity index (χ0n) is 13.1. The summed E-state index contributed by atoms with van der Waals surface area (Å²) in [6, 6.07) is 3.79. The molecule has 3 heterocycles. The second-order valence-corrected chi connectivity index (χ2v) is 6.92. The van der Waals surface area contributed by atoms with Crippen LogP contribution in [0.1, 0.15) is 65.3 Å². The number of amides is 1. The highest BCUT2D eigenvalue weighted by Crippen LogP contribution is 2.21. The minimum Gasteiger partial charge on any atom is -0.342 e. The number of fused-ring (bicyclic) bond motifs is 1. The van der Waals surface area contributed by atoms with Crippen molar-refractivity contribution in [3.8, 4) is 0 Å². The molecule has 1 aliphatic heterocycles. The van der Waals surface area contributed by atoms with Crippen LogP contribution < -0.4 is 5.32 Å². The Hall–Kier alpha value is -1.69. The van der Waals surface area contributed by atoms with E-state index in [9.17, 15) is 4.79 Å². The first kappa shape index (κ1) is 15.2. The summed E-state index contributed by atoms with van der Waals surface area (Å²) in [5, 5.41) is 11.7. The molecular formula is C16H22N4OS. The van der Waals surface area contributed by atoms with E-state index >= 15 is 0 Å². The average Bonchev–Trinajstić information content (AvgIpc) is 3.09. The highest BCUT2D eigenvalue weighted by Gasteiger charge is 2.21. The first-order chi connectivity index (χ1) is 10.7. The van der Waals surface area contributed by atoms with Crippen molar-refractivity contribution in [2.24, 2.45) is 0 Å². The van der Waals surface area contributed by atoms with Gasteiger partial charge in [-0.05, 0) is 38.3 Å². The number of carbonyl (C=O) groups is 1. The third-order valence-electron chi connectivity index (χ3n) is 4.11. The number of carbonyl (C=O) groups excluding carboxylic acids is 1. The van der Waals surface area contributed by atoms with Gasteiger partial charge in [-0.1, -0.05) is 13.3 Å². The normalized spacial score (nSPS) is 15.9. The van der Waals surface area contributed by atoms with E-state index < -0.39 is 0 Å². The Kier molecular flexibility index (Phi) is 4.57. The molecule has 5 nitrogen and oxygen atoms in total. The van der Waals surface area contributed by atoms with Gasteiger partial charge in [-0.25, -0.2) is 0 Å². The van der Waals surface area contributed by atoms with Gasteiger partial charge in [0.2, 0.25) is 0 Å². The molecule has 6 heteroatoms. The van der Waals surface area contributed by atoms with Crippen LogP contribution in [0.15, 0.2) is 12.1 Å². The van der Waals surface area contributed by atoms with Gasteiger partial charge in [0.25, 0.3) is 5.91 Å². The van der Waals surface area contributed by atoms with Gasteiger partial charge < -0.3 is 9.88 Å². The van der Waals surface area contributed by atoms with Crippen molar-refractivity contribution in [2.45, 2.75) is 58.5 Å². The molecule has 0 saturated carbocycles. The average molecular weight is 318 g/mol. The summed E-state index contributed by atoms with van der Waals surface area (Å²) < 4.78 is 2.18. The van der Waals surface area contributed by atoms with Gasteiger partial charge in [-0.3, -0.25) is 4.79 Å². The van der Waals surface area contributed by atoms with Gasteiger partial charge in [0.1, 0.15) is 5.82 Å². The van der Waals surface area contributed by atoms with E-state index in [4.69, 9.17) is 0 Å². The maximum Gasteiger partial charge on any atom is 0.261 e. The van der Waals surface area contributed by atoms with Crippen LogP contribution in [0.25, 0.3) is 0 Å². The molecule has 3 rings (SSSR count). The van der Waals surface area contributed by atoms with Crippen molar-refractivity contribution in [2.75, 3.05) is 0 Å². The molecule has 0 aromatic carbocycles. The number of aromatic nitrogens is 3. The predicted octanol–water partition coefficient (Wildman–Crippen LogP) is 3.12. The van der Waals surface area contributed by atoms with Crippen molar-refractivity contribution in [3.63, 3.8) is 0 Å². The molecule has 1 atom stereocenters. The molecule has 0 saturated heterocycles. The summed E-state index contributed by atoms with van der Waals surface area (Å²) in [4.78, 5) is 14.4. The Balaban J connectivity index is 1.73. The highest BCUT2D eigenvalue weighted by atomic mass is 32.1. The lowest BCUT2D eigenvalue weighted by atomic mass is 10.2. The zero-order chi connectivity index (χ0) is 15.5. The second kappa shape index (κ2) is 6.60. The number of nitrogens with zero attached hydrogens (tertiary/aromatic N) is 3. The lowest BCUT2D eigenvalue weighted by Gasteiger charge is -2.14. The zero-order valence-corrected chi connectivity index (χ0v) is 13.9. The molecule has 0 bridgehead atoms. The Morgan fingerprint density at radius 3 is 3.00 bits per heavy atom. The summed E-state index contributed by atoms with van der Waals surface area (Å²) in [5.41, 5.74) is 0. The molecule has 1 aliphatic rings. The minimum atomic E-state index is -0.126. The van der Waals surface area contributed by atoms with Crippen LogP contribution in [-0.2, 0) is 19.4 Å². The van der Waals surface area contributed by atoms with Crippen LogP contribution in [0.5, 0.6) is 0 Å². The number of hydrogen-bond donors (Lipinski definition) is 1. The van der Waals surface area contributed by atoms with Crippen LogP contribution in [0.3, 0.4) is 0 Å². The molecule has 0 fully saturated rings. The quantitative estimate of drug-likeness (QED) is 0.942. The fourth-order valence-electron chi connectivity index (χ4n) is 2.85.